The van der Waals surface area contributed by atoms with Crippen molar-refractivity contribution in [1.82, 2.24) is 5.32 Å². The molecule has 0 unspecified atom stereocenters. The fourth-order valence-corrected chi connectivity index (χ4v) is 1.77. The van der Waals surface area contributed by atoms with Gasteiger partial charge in [-0.3, -0.25) is 4.79 Å². The van der Waals surface area contributed by atoms with Gasteiger partial charge in [0.1, 0.15) is 11.6 Å². The van der Waals surface area contributed by atoms with Crippen LogP contribution in [0.2, 0.25) is 0 Å². The predicted octanol–water partition coefficient (Wildman–Crippen LogP) is 3.14. The van der Waals surface area contributed by atoms with Crippen LogP contribution in [0.5, 0.6) is 0 Å². The minimum atomic E-state index is -0.374. The third-order valence-electron chi connectivity index (χ3n) is 3.19. The molecule has 1 rings (SSSR count). The molecule has 0 aromatic heterocycles. The zero-order valence-electron chi connectivity index (χ0n) is 13.9. The van der Waals surface area contributed by atoms with Crippen LogP contribution < -0.4 is 10.6 Å². The number of aryl methyl sites for hydroxylation is 1. The molecule has 0 atom stereocenters. The molecular formula is C18H25N3O2. The molecular weight excluding hydrogens is 290 g/mol. The van der Waals surface area contributed by atoms with Crippen LogP contribution >= 0.6 is 0 Å². The SMILES string of the molecule is CCCCOCCCNC(=O)/C(C#N)=C\Nc1ccc(C)cc1. The lowest BCUT2D eigenvalue weighted by Gasteiger charge is -2.06. The van der Waals surface area contributed by atoms with Crippen molar-refractivity contribution in [3.63, 3.8) is 0 Å². The Morgan fingerprint density at radius 2 is 1.96 bits per heavy atom. The number of anilines is 1. The third-order valence-corrected chi connectivity index (χ3v) is 3.19. The van der Waals surface area contributed by atoms with Crippen LogP contribution in [0.4, 0.5) is 5.69 Å². The number of benzene rings is 1. The van der Waals surface area contributed by atoms with E-state index in [0.717, 1.165) is 37.1 Å². The Morgan fingerprint density at radius 1 is 1.26 bits per heavy atom. The van der Waals surface area contributed by atoms with Crippen molar-refractivity contribution in [3.05, 3.63) is 41.6 Å². The maximum Gasteiger partial charge on any atom is 0.263 e. The number of nitriles is 1. The van der Waals surface area contributed by atoms with Crippen LogP contribution in [0.25, 0.3) is 0 Å². The van der Waals surface area contributed by atoms with Gasteiger partial charge in [0.25, 0.3) is 5.91 Å². The summed E-state index contributed by atoms with van der Waals surface area (Å²) in [7, 11) is 0. The van der Waals surface area contributed by atoms with E-state index in [2.05, 4.69) is 17.6 Å². The summed E-state index contributed by atoms with van der Waals surface area (Å²) in [5.41, 5.74) is 2.04. The standard InChI is InChI=1S/C18H25N3O2/c1-3-4-11-23-12-5-10-20-18(22)16(13-19)14-21-17-8-6-15(2)7-9-17/h6-9,14,21H,3-5,10-12H2,1-2H3,(H,20,22)/b16-14-. The molecule has 2 N–H and O–H groups in total. The zero-order chi connectivity index (χ0) is 16.9. The molecule has 0 aliphatic rings. The first-order valence-electron chi connectivity index (χ1n) is 7.96. The number of carbonyl (C=O) groups is 1. The van der Waals surface area contributed by atoms with Gasteiger partial charge in [0.15, 0.2) is 0 Å². The predicted molar refractivity (Wildman–Crippen MR) is 91.9 cm³/mol. The Hall–Kier alpha value is -2.32. The molecule has 0 aliphatic heterocycles. The molecule has 0 heterocycles. The van der Waals surface area contributed by atoms with E-state index in [1.165, 1.54) is 6.20 Å². The second-order valence-electron chi connectivity index (χ2n) is 5.26. The van der Waals surface area contributed by atoms with E-state index < -0.39 is 0 Å². The molecule has 0 fully saturated rings. The summed E-state index contributed by atoms with van der Waals surface area (Å²) in [6.45, 7) is 5.99. The second-order valence-corrected chi connectivity index (χ2v) is 5.26. The quantitative estimate of drug-likeness (QED) is 0.395. The number of ether oxygens (including phenoxy) is 1. The fourth-order valence-electron chi connectivity index (χ4n) is 1.77. The van der Waals surface area contributed by atoms with E-state index in [1.807, 2.05) is 37.3 Å². The zero-order valence-corrected chi connectivity index (χ0v) is 13.9. The number of hydrogen-bond acceptors (Lipinski definition) is 4. The lowest BCUT2D eigenvalue weighted by Crippen LogP contribution is -2.26. The van der Waals surface area contributed by atoms with Crippen molar-refractivity contribution < 1.29 is 9.53 Å². The van der Waals surface area contributed by atoms with E-state index in [4.69, 9.17) is 10.00 Å². The smallest absolute Gasteiger partial charge is 0.263 e. The first-order valence-corrected chi connectivity index (χ1v) is 7.96. The van der Waals surface area contributed by atoms with Crippen molar-refractivity contribution in [1.29, 1.82) is 5.26 Å². The monoisotopic (exact) mass is 315 g/mol. The van der Waals surface area contributed by atoms with E-state index in [-0.39, 0.29) is 11.5 Å². The molecule has 1 aromatic carbocycles. The molecule has 0 bridgehead atoms. The van der Waals surface area contributed by atoms with Crippen LogP contribution in [0.3, 0.4) is 0 Å². The lowest BCUT2D eigenvalue weighted by atomic mass is 10.2. The Balaban J connectivity index is 2.32. The largest absolute Gasteiger partial charge is 0.381 e. The maximum absolute atomic E-state index is 11.9. The average Bonchev–Trinajstić information content (AvgIpc) is 2.56. The van der Waals surface area contributed by atoms with E-state index in [0.29, 0.717) is 13.2 Å². The summed E-state index contributed by atoms with van der Waals surface area (Å²) in [5.74, 6) is -0.374. The molecule has 1 aromatic rings. The number of nitrogens with zero attached hydrogens (tertiary/aromatic N) is 1. The van der Waals surface area contributed by atoms with Crippen LogP contribution in [0.15, 0.2) is 36.0 Å². The Morgan fingerprint density at radius 3 is 2.61 bits per heavy atom. The van der Waals surface area contributed by atoms with Crippen molar-refractivity contribution in [2.24, 2.45) is 0 Å². The number of hydrogen-bond donors (Lipinski definition) is 2. The van der Waals surface area contributed by atoms with Gasteiger partial charge in [0.2, 0.25) is 0 Å². The average molecular weight is 315 g/mol. The molecule has 5 heteroatoms. The topological polar surface area (TPSA) is 74.1 Å². The highest BCUT2D eigenvalue weighted by Crippen LogP contribution is 2.09. The van der Waals surface area contributed by atoms with Gasteiger partial charge in [-0.15, -0.1) is 0 Å². The number of rotatable bonds is 10. The lowest BCUT2D eigenvalue weighted by molar-refractivity contribution is -0.117. The van der Waals surface area contributed by atoms with E-state index in [9.17, 15) is 4.79 Å². The van der Waals surface area contributed by atoms with Gasteiger partial charge < -0.3 is 15.4 Å². The first kappa shape index (κ1) is 18.7. The highest BCUT2D eigenvalue weighted by atomic mass is 16.5. The molecule has 0 aliphatic carbocycles. The highest BCUT2D eigenvalue weighted by molar-refractivity contribution is 5.97. The number of unbranched alkanes of at least 4 members (excludes halogenated alkanes) is 1. The van der Waals surface area contributed by atoms with Gasteiger partial charge in [-0.25, -0.2) is 0 Å². The molecule has 124 valence electrons. The van der Waals surface area contributed by atoms with Gasteiger partial charge in [-0.1, -0.05) is 31.0 Å². The van der Waals surface area contributed by atoms with Gasteiger partial charge in [0, 0.05) is 31.6 Å². The maximum atomic E-state index is 11.9. The highest BCUT2D eigenvalue weighted by Gasteiger charge is 2.07. The van der Waals surface area contributed by atoms with Gasteiger partial charge >= 0.3 is 0 Å². The summed E-state index contributed by atoms with van der Waals surface area (Å²) < 4.78 is 5.41. The molecule has 0 saturated heterocycles. The minimum Gasteiger partial charge on any atom is -0.381 e. The Labute approximate surface area is 138 Å². The molecule has 0 saturated carbocycles. The Kier molecular flexibility index (Phi) is 9.18. The molecule has 1 amide bonds. The normalized spacial score (nSPS) is 10.9. The molecule has 5 nitrogen and oxygen atoms in total. The van der Waals surface area contributed by atoms with Crippen LogP contribution in [0, 0.1) is 18.3 Å². The van der Waals surface area contributed by atoms with Crippen LogP contribution in [-0.2, 0) is 9.53 Å². The summed E-state index contributed by atoms with van der Waals surface area (Å²) in [5, 5.41) is 14.8. The summed E-state index contributed by atoms with van der Waals surface area (Å²) >= 11 is 0. The minimum absolute atomic E-state index is 0.0532. The third kappa shape index (κ3) is 8.03. The summed E-state index contributed by atoms with van der Waals surface area (Å²) in [4.78, 5) is 11.9. The number of carbonyl (C=O) groups excluding carboxylic acids is 1. The summed E-state index contributed by atoms with van der Waals surface area (Å²) in [6.07, 6.45) is 4.33. The summed E-state index contributed by atoms with van der Waals surface area (Å²) in [6, 6.07) is 9.62. The number of nitrogens with one attached hydrogen (secondary N) is 2. The second kappa shape index (κ2) is 11.3. The molecule has 23 heavy (non-hydrogen) atoms. The Bertz CT molecular complexity index is 544. The van der Waals surface area contributed by atoms with Gasteiger partial charge in [-0.05, 0) is 31.9 Å². The van der Waals surface area contributed by atoms with Gasteiger partial charge in [0.05, 0.1) is 0 Å². The van der Waals surface area contributed by atoms with Crippen molar-refractivity contribution in [2.75, 3.05) is 25.1 Å². The van der Waals surface area contributed by atoms with Crippen molar-refractivity contribution in [2.45, 2.75) is 33.1 Å². The van der Waals surface area contributed by atoms with Crippen LogP contribution in [0.1, 0.15) is 31.7 Å². The van der Waals surface area contributed by atoms with E-state index >= 15 is 0 Å². The molecule has 0 spiro atoms. The fraction of sp³-hybridized carbons (Fsp3) is 0.444. The first-order chi connectivity index (χ1) is 11.2. The van der Waals surface area contributed by atoms with Crippen molar-refractivity contribution in [3.8, 4) is 6.07 Å². The number of amides is 1. The van der Waals surface area contributed by atoms with E-state index in [1.54, 1.807) is 0 Å². The molecule has 0 radical (unpaired) electrons. The van der Waals surface area contributed by atoms with Crippen molar-refractivity contribution >= 4 is 11.6 Å². The van der Waals surface area contributed by atoms with Crippen LogP contribution in [-0.4, -0.2) is 25.7 Å². The van der Waals surface area contributed by atoms with Gasteiger partial charge in [-0.2, -0.15) is 5.26 Å².